The van der Waals surface area contributed by atoms with Gasteiger partial charge in [-0.15, -0.1) is 10.2 Å². The Bertz CT molecular complexity index is 1010. The van der Waals surface area contributed by atoms with Gasteiger partial charge >= 0.3 is 0 Å². The molecular formula is C20H22N4O5S. The SMILES string of the molecule is CCCSc1nnc(-c2cc(OC)c(OC)c(OC)c2)n1-c1ccc([N+](=O)[O-])cc1. The second-order valence-corrected chi connectivity index (χ2v) is 7.24. The van der Waals surface area contributed by atoms with Crippen LogP contribution in [0.5, 0.6) is 17.2 Å². The van der Waals surface area contributed by atoms with Crippen LogP contribution in [-0.4, -0.2) is 46.8 Å². The van der Waals surface area contributed by atoms with Crippen molar-refractivity contribution in [2.45, 2.75) is 18.5 Å². The van der Waals surface area contributed by atoms with E-state index in [2.05, 4.69) is 17.1 Å². The van der Waals surface area contributed by atoms with E-state index in [-0.39, 0.29) is 5.69 Å². The molecule has 0 atom stereocenters. The molecular weight excluding hydrogens is 408 g/mol. The van der Waals surface area contributed by atoms with Gasteiger partial charge in [0.25, 0.3) is 5.69 Å². The number of non-ortho nitro benzene ring substituents is 1. The lowest BCUT2D eigenvalue weighted by atomic mass is 10.1. The number of nitrogens with zero attached hydrogens (tertiary/aromatic N) is 4. The van der Waals surface area contributed by atoms with Crippen LogP contribution < -0.4 is 14.2 Å². The summed E-state index contributed by atoms with van der Waals surface area (Å²) in [5.41, 5.74) is 1.44. The molecule has 3 aromatic rings. The maximum absolute atomic E-state index is 11.0. The molecule has 0 aliphatic rings. The van der Waals surface area contributed by atoms with E-state index in [9.17, 15) is 10.1 Å². The standard InChI is InChI=1S/C20H22N4O5S/c1-5-10-30-20-22-21-19(23(20)14-6-8-15(9-7-14)24(25)26)13-11-16(27-2)18(29-4)17(12-13)28-3/h6-9,11-12H,5,10H2,1-4H3. The van der Waals surface area contributed by atoms with E-state index in [4.69, 9.17) is 14.2 Å². The molecule has 0 saturated heterocycles. The molecule has 0 fully saturated rings. The molecule has 0 spiro atoms. The Balaban J connectivity index is 2.18. The van der Waals surface area contributed by atoms with Crippen LogP contribution in [0.2, 0.25) is 0 Å². The first-order chi connectivity index (χ1) is 14.5. The van der Waals surface area contributed by atoms with E-state index in [1.165, 1.54) is 12.1 Å². The molecule has 9 nitrogen and oxygen atoms in total. The van der Waals surface area contributed by atoms with Crippen LogP contribution >= 0.6 is 11.8 Å². The largest absolute Gasteiger partial charge is 0.493 e. The van der Waals surface area contributed by atoms with Gasteiger partial charge in [-0.05, 0) is 30.7 Å². The lowest BCUT2D eigenvalue weighted by molar-refractivity contribution is -0.384. The molecule has 0 amide bonds. The third-order valence-corrected chi connectivity index (χ3v) is 5.45. The van der Waals surface area contributed by atoms with Crippen LogP contribution in [0.4, 0.5) is 5.69 Å². The number of nitro groups is 1. The highest BCUT2D eigenvalue weighted by Crippen LogP contribution is 2.41. The van der Waals surface area contributed by atoms with Crippen LogP contribution in [0.3, 0.4) is 0 Å². The summed E-state index contributed by atoms with van der Waals surface area (Å²) in [6, 6.07) is 9.87. The first-order valence-corrected chi connectivity index (χ1v) is 10.2. The van der Waals surface area contributed by atoms with E-state index < -0.39 is 4.92 Å². The highest BCUT2D eigenvalue weighted by Gasteiger charge is 2.21. The van der Waals surface area contributed by atoms with E-state index in [1.54, 1.807) is 57.4 Å². The molecule has 0 aliphatic carbocycles. The molecule has 1 aromatic heterocycles. The lowest BCUT2D eigenvalue weighted by Gasteiger charge is -2.15. The van der Waals surface area contributed by atoms with E-state index in [0.29, 0.717) is 39.5 Å². The highest BCUT2D eigenvalue weighted by atomic mass is 32.2. The molecule has 0 N–H and O–H groups in total. The number of hydrogen-bond acceptors (Lipinski definition) is 8. The average molecular weight is 430 g/mol. The molecule has 0 bridgehead atoms. The van der Waals surface area contributed by atoms with Gasteiger partial charge in [-0.2, -0.15) is 0 Å². The summed E-state index contributed by atoms with van der Waals surface area (Å²) in [5.74, 6) is 2.88. The van der Waals surface area contributed by atoms with E-state index in [1.807, 2.05) is 4.57 Å². The molecule has 0 unspecified atom stereocenters. The summed E-state index contributed by atoms with van der Waals surface area (Å²) >= 11 is 1.56. The predicted molar refractivity (Wildman–Crippen MR) is 114 cm³/mol. The normalized spacial score (nSPS) is 10.7. The molecule has 0 aliphatic heterocycles. The van der Waals surface area contributed by atoms with Gasteiger partial charge < -0.3 is 14.2 Å². The van der Waals surface area contributed by atoms with Gasteiger partial charge in [-0.3, -0.25) is 14.7 Å². The Labute approximate surface area is 178 Å². The van der Waals surface area contributed by atoms with Crippen LogP contribution in [0, 0.1) is 10.1 Å². The topological polar surface area (TPSA) is 102 Å². The number of nitro benzene ring substituents is 1. The summed E-state index contributed by atoms with van der Waals surface area (Å²) in [6.07, 6.45) is 0.970. The number of ether oxygens (including phenoxy) is 3. The smallest absolute Gasteiger partial charge is 0.269 e. The van der Waals surface area contributed by atoms with Crippen molar-refractivity contribution in [1.82, 2.24) is 14.8 Å². The first-order valence-electron chi connectivity index (χ1n) is 9.17. The lowest BCUT2D eigenvalue weighted by Crippen LogP contribution is -2.02. The van der Waals surface area contributed by atoms with Crippen LogP contribution in [0.15, 0.2) is 41.6 Å². The van der Waals surface area contributed by atoms with E-state index in [0.717, 1.165) is 12.2 Å². The molecule has 2 aromatic carbocycles. The van der Waals surface area contributed by atoms with Gasteiger partial charge in [-0.25, -0.2) is 0 Å². The van der Waals surface area contributed by atoms with Crippen molar-refractivity contribution < 1.29 is 19.1 Å². The second kappa shape index (κ2) is 9.49. The summed E-state index contributed by atoms with van der Waals surface area (Å²) in [5, 5.41) is 20.4. The minimum atomic E-state index is -0.428. The second-order valence-electron chi connectivity index (χ2n) is 6.18. The molecule has 30 heavy (non-hydrogen) atoms. The zero-order valence-electron chi connectivity index (χ0n) is 17.1. The van der Waals surface area contributed by atoms with Crippen molar-refractivity contribution in [3.63, 3.8) is 0 Å². The Morgan fingerprint density at radius 2 is 1.67 bits per heavy atom. The molecule has 1 heterocycles. The molecule has 0 saturated carbocycles. The number of benzene rings is 2. The van der Waals surface area contributed by atoms with E-state index >= 15 is 0 Å². The number of rotatable bonds is 9. The fraction of sp³-hybridized carbons (Fsp3) is 0.300. The Morgan fingerprint density at radius 3 is 2.17 bits per heavy atom. The monoisotopic (exact) mass is 430 g/mol. The first kappa shape index (κ1) is 21.4. The van der Waals surface area contributed by atoms with Gasteiger partial charge in [-0.1, -0.05) is 18.7 Å². The molecule has 0 radical (unpaired) electrons. The van der Waals surface area contributed by atoms with Crippen molar-refractivity contribution >= 4 is 17.4 Å². The fourth-order valence-electron chi connectivity index (χ4n) is 2.91. The third kappa shape index (κ3) is 4.18. The minimum Gasteiger partial charge on any atom is -0.493 e. The number of methoxy groups -OCH3 is 3. The number of thioether (sulfide) groups is 1. The minimum absolute atomic E-state index is 0.0175. The van der Waals surface area contributed by atoms with Crippen molar-refractivity contribution in [3.05, 3.63) is 46.5 Å². The average Bonchev–Trinajstić information content (AvgIpc) is 3.20. The van der Waals surface area contributed by atoms with Crippen LogP contribution in [-0.2, 0) is 0 Å². The zero-order valence-corrected chi connectivity index (χ0v) is 17.9. The van der Waals surface area contributed by atoms with Gasteiger partial charge in [0.1, 0.15) is 0 Å². The van der Waals surface area contributed by atoms with Crippen molar-refractivity contribution in [1.29, 1.82) is 0 Å². The summed E-state index contributed by atoms with van der Waals surface area (Å²) < 4.78 is 18.2. The van der Waals surface area contributed by atoms with Crippen LogP contribution in [0.1, 0.15) is 13.3 Å². The Morgan fingerprint density at radius 1 is 1.03 bits per heavy atom. The number of aromatic nitrogens is 3. The predicted octanol–water partition coefficient (Wildman–Crippen LogP) is 4.37. The van der Waals surface area contributed by atoms with Gasteiger partial charge in [0.15, 0.2) is 22.5 Å². The van der Waals surface area contributed by atoms with Crippen molar-refractivity contribution in [2.75, 3.05) is 27.1 Å². The number of hydrogen-bond donors (Lipinski definition) is 0. The Kier molecular flexibility index (Phi) is 6.78. The highest BCUT2D eigenvalue weighted by molar-refractivity contribution is 7.99. The maximum atomic E-state index is 11.0. The fourth-order valence-corrected chi connectivity index (χ4v) is 3.72. The van der Waals surface area contributed by atoms with Gasteiger partial charge in [0.05, 0.1) is 31.9 Å². The summed E-state index contributed by atoms with van der Waals surface area (Å²) in [4.78, 5) is 10.6. The van der Waals surface area contributed by atoms with Crippen molar-refractivity contribution in [2.24, 2.45) is 0 Å². The molecule has 10 heteroatoms. The zero-order chi connectivity index (χ0) is 21.7. The maximum Gasteiger partial charge on any atom is 0.269 e. The molecule has 3 rings (SSSR count). The van der Waals surface area contributed by atoms with Gasteiger partial charge in [0.2, 0.25) is 5.75 Å². The van der Waals surface area contributed by atoms with Crippen molar-refractivity contribution in [3.8, 4) is 34.3 Å². The summed E-state index contributed by atoms with van der Waals surface area (Å²) in [6.45, 7) is 2.08. The quantitative estimate of drug-likeness (QED) is 0.280. The molecule has 158 valence electrons. The third-order valence-electron chi connectivity index (χ3n) is 4.31. The summed E-state index contributed by atoms with van der Waals surface area (Å²) in [7, 11) is 4.63. The van der Waals surface area contributed by atoms with Crippen LogP contribution in [0.25, 0.3) is 17.1 Å². The Hall–Kier alpha value is -3.27. The van der Waals surface area contributed by atoms with Gasteiger partial charge in [0, 0.05) is 23.4 Å².